The van der Waals surface area contributed by atoms with Crippen LogP contribution in [-0.2, 0) is 14.6 Å². The number of rotatable bonds is 8. The molecule has 34 heavy (non-hydrogen) atoms. The molecular formula is C20H19F3N2O7S2. The number of carbonyl (C=O) groups is 3. The van der Waals surface area contributed by atoms with Crippen molar-refractivity contribution >= 4 is 43.9 Å². The Morgan fingerprint density at radius 1 is 1.21 bits per heavy atom. The number of hydrogen-bond acceptors (Lipinski definition) is 8. The Morgan fingerprint density at radius 3 is 2.44 bits per heavy atom. The van der Waals surface area contributed by atoms with Gasteiger partial charge in [-0.3, -0.25) is 19.3 Å². The molecule has 1 aromatic heterocycles. The Hall–Kier alpha value is -3.13. The Bertz CT molecular complexity index is 1260. The van der Waals surface area contributed by atoms with Crippen molar-refractivity contribution in [2.24, 2.45) is 0 Å². The van der Waals surface area contributed by atoms with E-state index in [-0.39, 0.29) is 34.0 Å². The minimum Gasteiger partial charge on any atom is -0.490 e. The number of halogens is 3. The number of carbonyl (C=O) groups excluding carboxylic acids is 3. The molecular weight excluding hydrogens is 501 g/mol. The van der Waals surface area contributed by atoms with Crippen molar-refractivity contribution < 1.29 is 45.4 Å². The lowest BCUT2D eigenvalue weighted by Crippen LogP contribution is -2.38. The third kappa shape index (κ3) is 5.50. The summed E-state index contributed by atoms with van der Waals surface area (Å²) in [6.45, 7) is 2.71. The Balaban J connectivity index is 2.09. The van der Waals surface area contributed by atoms with Gasteiger partial charge < -0.3 is 14.8 Å². The van der Waals surface area contributed by atoms with E-state index in [1.54, 1.807) is 0 Å². The molecule has 0 aliphatic carbocycles. The molecule has 1 atom stereocenters. The van der Waals surface area contributed by atoms with Crippen LogP contribution in [0.5, 0.6) is 11.5 Å². The van der Waals surface area contributed by atoms with Crippen LogP contribution in [0.3, 0.4) is 0 Å². The number of alkyl halides is 3. The number of benzene rings is 1. The number of imide groups is 1. The SMILES string of the molecule is CCOc1cc(C(CS(C)(=O)=O)N2C(=O)c3csc(NC(C)=O)c3C2=O)ccc1OC(F)(F)F. The second-order valence-corrected chi connectivity index (χ2v) is 10.4. The predicted octanol–water partition coefficient (Wildman–Crippen LogP) is 3.39. The minimum atomic E-state index is -5.01. The van der Waals surface area contributed by atoms with Crippen LogP contribution in [-0.4, -0.2) is 56.0 Å². The van der Waals surface area contributed by atoms with E-state index in [4.69, 9.17) is 4.74 Å². The number of amides is 3. The van der Waals surface area contributed by atoms with Gasteiger partial charge in [-0.1, -0.05) is 6.07 Å². The summed E-state index contributed by atoms with van der Waals surface area (Å²) >= 11 is 0.965. The summed E-state index contributed by atoms with van der Waals surface area (Å²) in [5.41, 5.74) is -0.0509. The first-order valence-corrected chi connectivity index (χ1v) is 12.6. The van der Waals surface area contributed by atoms with E-state index in [0.29, 0.717) is 0 Å². The zero-order valence-electron chi connectivity index (χ0n) is 18.1. The summed E-state index contributed by atoms with van der Waals surface area (Å²) in [5.74, 6) is -3.82. The lowest BCUT2D eigenvalue weighted by atomic mass is 10.1. The summed E-state index contributed by atoms with van der Waals surface area (Å²) in [5, 5.41) is 3.95. The van der Waals surface area contributed by atoms with Gasteiger partial charge in [0.15, 0.2) is 11.5 Å². The van der Waals surface area contributed by atoms with Crippen LogP contribution >= 0.6 is 11.3 Å². The maximum absolute atomic E-state index is 13.2. The highest BCUT2D eigenvalue weighted by Gasteiger charge is 2.44. The second kappa shape index (κ2) is 9.25. The zero-order valence-corrected chi connectivity index (χ0v) is 19.7. The number of hydrogen-bond donors (Lipinski definition) is 1. The van der Waals surface area contributed by atoms with E-state index >= 15 is 0 Å². The van der Waals surface area contributed by atoms with E-state index in [1.807, 2.05) is 0 Å². The molecule has 0 radical (unpaired) electrons. The molecule has 2 heterocycles. The van der Waals surface area contributed by atoms with Crippen LogP contribution in [0.1, 0.15) is 46.2 Å². The molecule has 1 aromatic carbocycles. The quantitative estimate of drug-likeness (QED) is 0.530. The van der Waals surface area contributed by atoms with Gasteiger partial charge in [0.05, 0.1) is 29.5 Å². The van der Waals surface area contributed by atoms with Crippen molar-refractivity contribution in [3.05, 3.63) is 40.3 Å². The number of fused-ring (bicyclic) bond motifs is 1. The van der Waals surface area contributed by atoms with Crippen molar-refractivity contribution in [2.45, 2.75) is 26.3 Å². The number of nitrogens with zero attached hydrogens (tertiary/aromatic N) is 1. The van der Waals surface area contributed by atoms with Gasteiger partial charge in [-0.15, -0.1) is 24.5 Å². The third-order valence-electron chi connectivity index (χ3n) is 4.61. The van der Waals surface area contributed by atoms with Gasteiger partial charge in [-0.2, -0.15) is 0 Å². The summed E-state index contributed by atoms with van der Waals surface area (Å²) in [4.78, 5) is 38.4. The van der Waals surface area contributed by atoms with E-state index in [1.165, 1.54) is 19.2 Å². The van der Waals surface area contributed by atoms with Crippen LogP contribution < -0.4 is 14.8 Å². The number of thiophene rings is 1. The average molecular weight is 521 g/mol. The fourth-order valence-electron chi connectivity index (χ4n) is 3.42. The minimum absolute atomic E-state index is 0.0145. The van der Waals surface area contributed by atoms with Gasteiger partial charge in [-0.05, 0) is 24.6 Å². The van der Waals surface area contributed by atoms with Crippen LogP contribution in [0.2, 0.25) is 0 Å². The topological polar surface area (TPSA) is 119 Å². The van der Waals surface area contributed by atoms with E-state index in [2.05, 4.69) is 10.1 Å². The fourth-order valence-corrected chi connectivity index (χ4v) is 5.31. The Labute approximate surface area is 196 Å². The molecule has 1 unspecified atom stereocenters. The number of ether oxygens (including phenoxy) is 2. The molecule has 0 bridgehead atoms. The maximum Gasteiger partial charge on any atom is 0.573 e. The molecule has 14 heteroatoms. The van der Waals surface area contributed by atoms with Gasteiger partial charge in [0.1, 0.15) is 14.8 Å². The smallest absolute Gasteiger partial charge is 0.490 e. The molecule has 1 N–H and O–H groups in total. The molecule has 1 aliphatic rings. The number of sulfone groups is 1. The first-order chi connectivity index (χ1) is 15.7. The predicted molar refractivity (Wildman–Crippen MR) is 116 cm³/mol. The normalized spacial score (nSPS) is 14.7. The van der Waals surface area contributed by atoms with Crippen LogP contribution in [0.15, 0.2) is 23.6 Å². The fraction of sp³-hybridized carbons (Fsp3) is 0.350. The van der Waals surface area contributed by atoms with Crippen LogP contribution in [0.25, 0.3) is 0 Å². The largest absolute Gasteiger partial charge is 0.573 e. The molecule has 0 spiro atoms. The Kier molecular flexibility index (Phi) is 6.94. The highest BCUT2D eigenvalue weighted by atomic mass is 32.2. The van der Waals surface area contributed by atoms with Crippen molar-refractivity contribution in [3.8, 4) is 11.5 Å². The molecule has 0 saturated carbocycles. The third-order valence-corrected chi connectivity index (χ3v) is 6.43. The van der Waals surface area contributed by atoms with Gasteiger partial charge in [0.2, 0.25) is 5.91 Å². The molecule has 0 saturated heterocycles. The number of anilines is 1. The van der Waals surface area contributed by atoms with Crippen molar-refractivity contribution in [2.75, 3.05) is 23.9 Å². The summed E-state index contributed by atoms with van der Waals surface area (Å²) in [6.07, 6.45) is -4.11. The van der Waals surface area contributed by atoms with Crippen molar-refractivity contribution in [1.82, 2.24) is 4.90 Å². The van der Waals surface area contributed by atoms with E-state index in [0.717, 1.165) is 40.7 Å². The lowest BCUT2D eigenvalue weighted by Gasteiger charge is -2.27. The highest BCUT2D eigenvalue weighted by molar-refractivity contribution is 7.90. The van der Waals surface area contributed by atoms with E-state index < -0.39 is 51.5 Å². The first-order valence-electron chi connectivity index (χ1n) is 9.69. The Morgan fingerprint density at radius 2 is 1.88 bits per heavy atom. The molecule has 0 fully saturated rings. The monoisotopic (exact) mass is 520 g/mol. The molecule has 3 amide bonds. The lowest BCUT2D eigenvalue weighted by molar-refractivity contribution is -0.275. The zero-order chi connectivity index (χ0) is 25.4. The summed E-state index contributed by atoms with van der Waals surface area (Å²) < 4.78 is 71.8. The van der Waals surface area contributed by atoms with Crippen LogP contribution in [0.4, 0.5) is 18.2 Å². The summed E-state index contributed by atoms with van der Waals surface area (Å²) in [6, 6.07) is 1.77. The molecule has 184 valence electrons. The van der Waals surface area contributed by atoms with E-state index in [9.17, 15) is 36.0 Å². The average Bonchev–Trinajstić information content (AvgIpc) is 3.19. The van der Waals surface area contributed by atoms with Crippen LogP contribution in [0, 0.1) is 0 Å². The van der Waals surface area contributed by atoms with Crippen molar-refractivity contribution in [1.29, 1.82) is 0 Å². The molecule has 3 rings (SSSR count). The molecule has 2 aromatic rings. The van der Waals surface area contributed by atoms with Crippen molar-refractivity contribution in [3.63, 3.8) is 0 Å². The molecule has 1 aliphatic heterocycles. The number of nitrogens with one attached hydrogen (secondary N) is 1. The highest BCUT2D eigenvalue weighted by Crippen LogP contribution is 2.41. The standard InChI is InChI=1S/C20H19F3N2O7S2/c1-4-31-15-7-11(5-6-14(15)32-20(21,22)23)13(9-34(3,29)30)25-18(27)12-8-33-17(24-10(2)26)16(12)19(25)28/h5-8,13H,4,9H2,1-3H3,(H,24,26). The second-order valence-electron chi connectivity index (χ2n) is 7.31. The van der Waals surface area contributed by atoms with Gasteiger partial charge >= 0.3 is 6.36 Å². The van der Waals surface area contributed by atoms with Gasteiger partial charge in [0.25, 0.3) is 11.8 Å². The maximum atomic E-state index is 13.2. The summed E-state index contributed by atoms with van der Waals surface area (Å²) in [7, 11) is -3.78. The molecule has 9 nitrogen and oxygen atoms in total. The van der Waals surface area contributed by atoms with Gasteiger partial charge in [0, 0.05) is 18.6 Å². The van der Waals surface area contributed by atoms with Gasteiger partial charge in [-0.25, -0.2) is 8.42 Å². The first kappa shape index (κ1) is 25.5.